The molecule has 1 rings (SSSR count). The number of aliphatic hydroxyl groups excluding tert-OH is 3. The Kier molecular flexibility index (Phi) is 3.90. The molecule has 0 unspecified atom stereocenters. The van der Waals surface area contributed by atoms with Gasteiger partial charge in [-0.25, -0.2) is 0 Å². The second-order valence-electron chi connectivity index (χ2n) is 3.13. The average Bonchev–Trinajstić information content (AvgIpc) is 2.26. The lowest BCUT2D eigenvalue weighted by molar-refractivity contribution is -0.0153. The summed E-state index contributed by atoms with van der Waals surface area (Å²) in [5, 5.41) is 36.8. The maximum Gasteiger partial charge on any atom is 0.160 e. The van der Waals surface area contributed by atoms with Crippen molar-refractivity contribution in [2.45, 2.75) is 12.2 Å². The molecule has 0 aliphatic rings. The van der Waals surface area contributed by atoms with E-state index in [2.05, 4.69) is 0 Å². The van der Waals surface area contributed by atoms with Crippen molar-refractivity contribution >= 4 is 0 Å². The quantitative estimate of drug-likeness (QED) is 0.556. The number of rotatable bonds is 4. The summed E-state index contributed by atoms with van der Waals surface area (Å²) < 4.78 is 4.82. The van der Waals surface area contributed by atoms with E-state index in [9.17, 15) is 15.3 Å². The van der Waals surface area contributed by atoms with Crippen LogP contribution in [0.5, 0.6) is 11.5 Å². The molecule has 0 fully saturated rings. The molecule has 15 heavy (non-hydrogen) atoms. The van der Waals surface area contributed by atoms with Crippen LogP contribution in [0.1, 0.15) is 11.7 Å². The van der Waals surface area contributed by atoms with Gasteiger partial charge in [0.1, 0.15) is 12.2 Å². The Bertz CT molecular complexity index is 326. The number of hydrogen-bond acceptors (Lipinski definition) is 5. The van der Waals surface area contributed by atoms with Gasteiger partial charge < -0.3 is 25.2 Å². The molecular weight excluding hydrogens is 200 g/mol. The fourth-order valence-electron chi connectivity index (χ4n) is 1.21. The van der Waals surface area contributed by atoms with Crippen molar-refractivity contribution in [1.82, 2.24) is 0 Å². The molecule has 0 saturated heterocycles. The van der Waals surface area contributed by atoms with E-state index in [1.165, 1.54) is 25.3 Å². The first kappa shape index (κ1) is 11.8. The molecule has 84 valence electrons. The number of ether oxygens (including phenoxy) is 1. The van der Waals surface area contributed by atoms with E-state index in [-0.39, 0.29) is 11.5 Å². The number of aromatic hydroxyl groups is 1. The number of methoxy groups -OCH3 is 1. The molecule has 0 bridgehead atoms. The van der Waals surface area contributed by atoms with E-state index in [0.717, 1.165) is 0 Å². The van der Waals surface area contributed by atoms with Gasteiger partial charge >= 0.3 is 0 Å². The lowest BCUT2D eigenvalue weighted by atomic mass is 10.0. The van der Waals surface area contributed by atoms with Gasteiger partial charge in [-0.05, 0) is 17.7 Å². The lowest BCUT2D eigenvalue weighted by Crippen LogP contribution is -2.21. The molecule has 2 atom stereocenters. The highest BCUT2D eigenvalue weighted by atomic mass is 16.5. The van der Waals surface area contributed by atoms with E-state index in [4.69, 9.17) is 9.84 Å². The standard InChI is InChI=1S/C10H14O5/c1-15-9-3-2-6(4-7(9)12)10(14)8(13)5-11/h2-4,8,10-14H,5H2,1H3/t8-,10+/m1/s1. The minimum atomic E-state index is -1.27. The summed E-state index contributed by atoms with van der Waals surface area (Å²) in [7, 11) is 1.41. The van der Waals surface area contributed by atoms with Crippen LogP contribution < -0.4 is 4.74 Å². The summed E-state index contributed by atoms with van der Waals surface area (Å²) in [6, 6.07) is 4.25. The third kappa shape index (κ3) is 2.59. The van der Waals surface area contributed by atoms with E-state index in [1.807, 2.05) is 0 Å². The minimum Gasteiger partial charge on any atom is -0.504 e. The van der Waals surface area contributed by atoms with Crippen molar-refractivity contribution < 1.29 is 25.2 Å². The van der Waals surface area contributed by atoms with Crippen LogP contribution in [0.3, 0.4) is 0 Å². The molecule has 5 heteroatoms. The van der Waals surface area contributed by atoms with Crippen molar-refractivity contribution in [2.24, 2.45) is 0 Å². The summed E-state index contributed by atoms with van der Waals surface area (Å²) in [5.41, 5.74) is 0.315. The summed E-state index contributed by atoms with van der Waals surface area (Å²) in [6.45, 7) is -0.548. The van der Waals surface area contributed by atoms with Gasteiger partial charge in [-0.2, -0.15) is 0 Å². The van der Waals surface area contributed by atoms with Crippen LogP contribution in [0.15, 0.2) is 18.2 Å². The topological polar surface area (TPSA) is 90.2 Å². The van der Waals surface area contributed by atoms with Gasteiger partial charge in [0.05, 0.1) is 13.7 Å². The Morgan fingerprint density at radius 3 is 2.47 bits per heavy atom. The second-order valence-corrected chi connectivity index (χ2v) is 3.13. The predicted molar refractivity (Wildman–Crippen MR) is 52.7 cm³/mol. The molecule has 0 heterocycles. The number of aliphatic hydroxyl groups is 3. The van der Waals surface area contributed by atoms with Gasteiger partial charge in [0.25, 0.3) is 0 Å². The van der Waals surface area contributed by atoms with E-state index >= 15 is 0 Å². The highest BCUT2D eigenvalue weighted by Gasteiger charge is 2.18. The zero-order chi connectivity index (χ0) is 11.4. The Hall–Kier alpha value is -1.30. The van der Waals surface area contributed by atoms with Gasteiger partial charge in [0, 0.05) is 0 Å². The first-order chi connectivity index (χ1) is 7.10. The van der Waals surface area contributed by atoms with Crippen LogP contribution in [0.2, 0.25) is 0 Å². The third-order valence-corrected chi connectivity index (χ3v) is 2.10. The predicted octanol–water partition coefficient (Wildman–Crippen LogP) is -0.213. The van der Waals surface area contributed by atoms with Gasteiger partial charge in [0.15, 0.2) is 11.5 Å². The van der Waals surface area contributed by atoms with Crippen LogP contribution in [0, 0.1) is 0 Å². The minimum absolute atomic E-state index is 0.126. The van der Waals surface area contributed by atoms with Crippen LogP contribution >= 0.6 is 0 Å². The summed E-state index contributed by atoms with van der Waals surface area (Å²) in [6.07, 6.45) is -2.50. The molecule has 0 amide bonds. The average molecular weight is 214 g/mol. The monoisotopic (exact) mass is 214 g/mol. The largest absolute Gasteiger partial charge is 0.504 e. The SMILES string of the molecule is COc1ccc([C@H](O)[C@H](O)CO)cc1O. The number of benzene rings is 1. The van der Waals surface area contributed by atoms with E-state index in [0.29, 0.717) is 5.56 Å². The molecule has 1 aromatic rings. The Morgan fingerprint density at radius 2 is 2.00 bits per heavy atom. The van der Waals surface area contributed by atoms with Crippen molar-refractivity contribution in [2.75, 3.05) is 13.7 Å². The Balaban J connectivity index is 2.92. The lowest BCUT2D eigenvalue weighted by Gasteiger charge is -2.16. The normalized spacial score (nSPS) is 14.7. The zero-order valence-corrected chi connectivity index (χ0v) is 8.29. The molecule has 0 aliphatic carbocycles. The number of phenols is 1. The van der Waals surface area contributed by atoms with Gasteiger partial charge in [0.2, 0.25) is 0 Å². The first-order valence-corrected chi connectivity index (χ1v) is 4.44. The van der Waals surface area contributed by atoms with Crippen molar-refractivity contribution in [3.63, 3.8) is 0 Å². The molecule has 0 aliphatic heterocycles. The van der Waals surface area contributed by atoms with Crippen LogP contribution in [0.4, 0.5) is 0 Å². The molecule has 0 radical (unpaired) electrons. The molecule has 1 aromatic carbocycles. The molecule has 0 spiro atoms. The highest BCUT2D eigenvalue weighted by molar-refractivity contribution is 5.42. The van der Waals surface area contributed by atoms with Gasteiger partial charge in [-0.3, -0.25) is 0 Å². The van der Waals surface area contributed by atoms with Crippen LogP contribution in [-0.4, -0.2) is 40.2 Å². The summed E-state index contributed by atoms with van der Waals surface area (Å²) in [4.78, 5) is 0. The number of phenolic OH excluding ortho intramolecular Hbond substituents is 1. The third-order valence-electron chi connectivity index (χ3n) is 2.10. The molecule has 5 nitrogen and oxygen atoms in total. The Labute approximate surface area is 87.2 Å². The molecular formula is C10H14O5. The van der Waals surface area contributed by atoms with Gasteiger partial charge in [-0.1, -0.05) is 6.07 Å². The first-order valence-electron chi connectivity index (χ1n) is 4.44. The van der Waals surface area contributed by atoms with Crippen LogP contribution in [-0.2, 0) is 0 Å². The highest BCUT2D eigenvalue weighted by Crippen LogP contribution is 2.29. The number of hydrogen-bond donors (Lipinski definition) is 4. The van der Waals surface area contributed by atoms with Crippen molar-refractivity contribution in [1.29, 1.82) is 0 Å². The maximum atomic E-state index is 9.52. The van der Waals surface area contributed by atoms with Gasteiger partial charge in [-0.15, -0.1) is 0 Å². The zero-order valence-electron chi connectivity index (χ0n) is 8.29. The fraction of sp³-hybridized carbons (Fsp3) is 0.400. The maximum absolute atomic E-state index is 9.52. The fourth-order valence-corrected chi connectivity index (χ4v) is 1.21. The second kappa shape index (κ2) is 4.97. The van der Waals surface area contributed by atoms with Crippen LogP contribution in [0.25, 0.3) is 0 Å². The summed E-state index contributed by atoms with van der Waals surface area (Å²) >= 11 is 0. The smallest absolute Gasteiger partial charge is 0.160 e. The van der Waals surface area contributed by atoms with E-state index < -0.39 is 18.8 Å². The van der Waals surface area contributed by atoms with E-state index in [1.54, 1.807) is 0 Å². The van der Waals surface area contributed by atoms with Crippen molar-refractivity contribution in [3.8, 4) is 11.5 Å². The molecule has 0 saturated carbocycles. The van der Waals surface area contributed by atoms with Crippen molar-refractivity contribution in [3.05, 3.63) is 23.8 Å². The summed E-state index contributed by atoms with van der Waals surface area (Å²) in [5.74, 6) is 0.156. The molecule has 4 N–H and O–H groups in total. The Morgan fingerprint density at radius 1 is 1.33 bits per heavy atom. The molecule has 0 aromatic heterocycles.